The molecule has 0 bridgehead atoms. The summed E-state index contributed by atoms with van der Waals surface area (Å²) in [6, 6.07) is 2.10. The third-order valence-corrected chi connectivity index (χ3v) is 5.41. The van der Waals surface area contributed by atoms with Gasteiger partial charge in [-0.3, -0.25) is 9.69 Å². The van der Waals surface area contributed by atoms with Crippen molar-refractivity contribution >= 4 is 11.7 Å². The SMILES string of the molecule is CCCc1nc(C)cc(N2CCN(C)[C@@]3(CCNC(=O)CC3)C2)n1. The minimum atomic E-state index is 0.0567. The maximum atomic E-state index is 11.8. The van der Waals surface area contributed by atoms with Crippen molar-refractivity contribution in [3.63, 3.8) is 0 Å². The van der Waals surface area contributed by atoms with E-state index in [0.717, 1.165) is 69.2 Å². The molecule has 2 aliphatic heterocycles. The molecule has 0 aromatic carbocycles. The van der Waals surface area contributed by atoms with E-state index in [2.05, 4.69) is 40.1 Å². The number of likely N-dealkylation sites (N-methyl/N-ethyl adjacent to an activating group) is 1. The number of hydrogen-bond acceptors (Lipinski definition) is 5. The first-order valence-electron chi connectivity index (χ1n) is 9.10. The summed E-state index contributed by atoms with van der Waals surface area (Å²) in [5.41, 5.74) is 1.09. The molecule has 1 aromatic heterocycles. The lowest BCUT2D eigenvalue weighted by atomic mass is 9.86. The van der Waals surface area contributed by atoms with Crippen molar-refractivity contribution in [2.24, 2.45) is 0 Å². The average Bonchev–Trinajstić information content (AvgIpc) is 2.73. The van der Waals surface area contributed by atoms with Gasteiger partial charge in [0, 0.05) is 56.3 Å². The molecule has 1 spiro atoms. The van der Waals surface area contributed by atoms with E-state index >= 15 is 0 Å². The minimum absolute atomic E-state index is 0.0567. The van der Waals surface area contributed by atoms with Gasteiger partial charge in [0.25, 0.3) is 0 Å². The zero-order valence-electron chi connectivity index (χ0n) is 15.1. The van der Waals surface area contributed by atoms with Crippen LogP contribution in [0.2, 0.25) is 0 Å². The van der Waals surface area contributed by atoms with Gasteiger partial charge in [-0.1, -0.05) is 6.92 Å². The Morgan fingerprint density at radius 3 is 2.92 bits per heavy atom. The molecule has 1 aromatic rings. The van der Waals surface area contributed by atoms with Crippen LogP contribution in [0.5, 0.6) is 0 Å². The van der Waals surface area contributed by atoms with Crippen LogP contribution in [0.1, 0.15) is 44.1 Å². The fourth-order valence-electron chi connectivity index (χ4n) is 3.90. The molecule has 3 heterocycles. The van der Waals surface area contributed by atoms with E-state index in [4.69, 9.17) is 4.98 Å². The molecule has 0 unspecified atom stereocenters. The molecule has 0 saturated carbocycles. The van der Waals surface area contributed by atoms with Crippen LogP contribution in [-0.4, -0.2) is 59.5 Å². The highest BCUT2D eigenvalue weighted by molar-refractivity contribution is 5.76. The number of anilines is 1. The zero-order valence-corrected chi connectivity index (χ0v) is 15.1. The molecule has 6 heteroatoms. The molecule has 3 rings (SSSR count). The van der Waals surface area contributed by atoms with Crippen molar-refractivity contribution in [3.8, 4) is 0 Å². The molecule has 2 fully saturated rings. The Bertz CT molecular complexity index is 605. The van der Waals surface area contributed by atoms with Crippen molar-refractivity contribution in [2.45, 2.75) is 51.5 Å². The fourth-order valence-corrected chi connectivity index (χ4v) is 3.90. The van der Waals surface area contributed by atoms with Gasteiger partial charge in [0.15, 0.2) is 0 Å². The first-order chi connectivity index (χ1) is 11.5. The largest absolute Gasteiger partial charge is 0.356 e. The zero-order chi connectivity index (χ0) is 17.2. The Labute approximate surface area is 144 Å². The predicted octanol–water partition coefficient (Wildman–Crippen LogP) is 1.53. The molecule has 2 aliphatic rings. The minimum Gasteiger partial charge on any atom is -0.356 e. The van der Waals surface area contributed by atoms with E-state index in [9.17, 15) is 4.79 Å². The second kappa shape index (κ2) is 7.05. The van der Waals surface area contributed by atoms with E-state index in [1.165, 1.54) is 0 Å². The van der Waals surface area contributed by atoms with Gasteiger partial charge in [-0.15, -0.1) is 0 Å². The number of amides is 1. The summed E-state index contributed by atoms with van der Waals surface area (Å²) in [4.78, 5) is 26.0. The van der Waals surface area contributed by atoms with E-state index in [-0.39, 0.29) is 11.4 Å². The molecule has 1 amide bonds. The molecule has 0 radical (unpaired) electrons. The Balaban J connectivity index is 1.83. The van der Waals surface area contributed by atoms with Crippen molar-refractivity contribution in [1.29, 1.82) is 0 Å². The molecule has 0 aliphatic carbocycles. The third-order valence-electron chi connectivity index (χ3n) is 5.41. The highest BCUT2D eigenvalue weighted by Gasteiger charge is 2.41. The second-order valence-corrected chi connectivity index (χ2v) is 7.20. The Morgan fingerprint density at radius 1 is 1.29 bits per heavy atom. The average molecular weight is 331 g/mol. The first kappa shape index (κ1) is 17.1. The Kier molecular flexibility index (Phi) is 5.04. The lowest BCUT2D eigenvalue weighted by Gasteiger charge is -2.49. The van der Waals surface area contributed by atoms with Crippen LogP contribution in [0, 0.1) is 6.92 Å². The van der Waals surface area contributed by atoms with Crippen LogP contribution in [0.15, 0.2) is 6.07 Å². The van der Waals surface area contributed by atoms with Crippen molar-refractivity contribution < 1.29 is 4.79 Å². The quantitative estimate of drug-likeness (QED) is 0.910. The molecule has 132 valence electrons. The highest BCUT2D eigenvalue weighted by atomic mass is 16.1. The van der Waals surface area contributed by atoms with E-state index < -0.39 is 0 Å². The van der Waals surface area contributed by atoms with Crippen LogP contribution < -0.4 is 10.2 Å². The number of nitrogens with one attached hydrogen (secondary N) is 1. The van der Waals surface area contributed by atoms with Gasteiger partial charge in [0.1, 0.15) is 11.6 Å². The van der Waals surface area contributed by atoms with Gasteiger partial charge in [-0.2, -0.15) is 0 Å². The summed E-state index contributed by atoms with van der Waals surface area (Å²) < 4.78 is 0. The number of rotatable bonds is 3. The topological polar surface area (TPSA) is 61.4 Å². The lowest BCUT2D eigenvalue weighted by molar-refractivity contribution is -0.120. The second-order valence-electron chi connectivity index (χ2n) is 7.20. The maximum absolute atomic E-state index is 11.8. The van der Waals surface area contributed by atoms with E-state index in [0.29, 0.717) is 6.42 Å². The van der Waals surface area contributed by atoms with E-state index in [1.54, 1.807) is 0 Å². The van der Waals surface area contributed by atoms with Gasteiger partial charge >= 0.3 is 0 Å². The van der Waals surface area contributed by atoms with Crippen molar-refractivity contribution in [1.82, 2.24) is 20.2 Å². The van der Waals surface area contributed by atoms with Crippen LogP contribution in [0.3, 0.4) is 0 Å². The monoisotopic (exact) mass is 331 g/mol. The normalized spacial score (nSPS) is 25.6. The molecule has 1 N–H and O–H groups in total. The van der Waals surface area contributed by atoms with Gasteiger partial charge in [0.2, 0.25) is 5.91 Å². The Morgan fingerprint density at radius 2 is 2.12 bits per heavy atom. The molecule has 1 atom stereocenters. The predicted molar refractivity (Wildman–Crippen MR) is 95.2 cm³/mol. The molecule has 24 heavy (non-hydrogen) atoms. The number of hydrogen-bond donors (Lipinski definition) is 1. The maximum Gasteiger partial charge on any atom is 0.220 e. The third kappa shape index (κ3) is 3.53. The number of carbonyl (C=O) groups excluding carboxylic acids is 1. The van der Waals surface area contributed by atoms with Gasteiger partial charge in [-0.25, -0.2) is 9.97 Å². The number of aryl methyl sites for hydroxylation is 2. The lowest BCUT2D eigenvalue weighted by Crippen LogP contribution is -2.61. The van der Waals surface area contributed by atoms with Crippen LogP contribution in [0.25, 0.3) is 0 Å². The summed E-state index contributed by atoms with van der Waals surface area (Å²) in [6.07, 6.45) is 4.51. The summed E-state index contributed by atoms with van der Waals surface area (Å²) >= 11 is 0. The van der Waals surface area contributed by atoms with Gasteiger partial charge in [-0.05, 0) is 33.2 Å². The number of piperazine rings is 1. The molecular formula is C18H29N5O. The number of carbonyl (C=O) groups is 1. The molecule has 6 nitrogen and oxygen atoms in total. The highest BCUT2D eigenvalue weighted by Crippen LogP contribution is 2.32. The summed E-state index contributed by atoms with van der Waals surface area (Å²) in [5.74, 6) is 2.17. The summed E-state index contributed by atoms with van der Waals surface area (Å²) in [6.45, 7) is 7.87. The fraction of sp³-hybridized carbons (Fsp3) is 0.722. The van der Waals surface area contributed by atoms with Crippen LogP contribution >= 0.6 is 0 Å². The molecule has 2 saturated heterocycles. The van der Waals surface area contributed by atoms with Crippen LogP contribution in [-0.2, 0) is 11.2 Å². The Hall–Kier alpha value is -1.69. The van der Waals surface area contributed by atoms with Crippen LogP contribution in [0.4, 0.5) is 5.82 Å². The summed E-state index contributed by atoms with van der Waals surface area (Å²) in [7, 11) is 2.20. The van der Waals surface area contributed by atoms with Gasteiger partial charge < -0.3 is 10.2 Å². The summed E-state index contributed by atoms with van der Waals surface area (Å²) in [5, 5.41) is 3.02. The van der Waals surface area contributed by atoms with Gasteiger partial charge in [0.05, 0.1) is 0 Å². The van der Waals surface area contributed by atoms with E-state index in [1.807, 2.05) is 6.92 Å². The number of nitrogens with zero attached hydrogens (tertiary/aromatic N) is 4. The first-order valence-corrected chi connectivity index (χ1v) is 9.10. The van der Waals surface area contributed by atoms with Crippen molar-refractivity contribution in [3.05, 3.63) is 17.6 Å². The number of aromatic nitrogens is 2. The smallest absolute Gasteiger partial charge is 0.220 e. The van der Waals surface area contributed by atoms with Crippen molar-refractivity contribution in [2.75, 3.05) is 38.1 Å². The molecular weight excluding hydrogens is 302 g/mol. The standard InChI is InChI=1S/C18H29N5O/c1-4-5-15-20-14(2)12-16(21-15)23-11-10-22(3)18(13-23)7-6-17(24)19-9-8-18/h12H,4-11,13H2,1-3H3,(H,19,24)/t18-/m0/s1.